The molecular formula is C22H15Cl3FN3S. The zero-order valence-corrected chi connectivity index (χ0v) is 18.6. The summed E-state index contributed by atoms with van der Waals surface area (Å²) in [5.74, 6) is 1.12. The normalized spacial score (nSPS) is 11.1. The molecule has 3 aromatic carbocycles. The van der Waals surface area contributed by atoms with Crippen molar-refractivity contribution < 1.29 is 4.39 Å². The van der Waals surface area contributed by atoms with E-state index in [4.69, 9.17) is 34.8 Å². The van der Waals surface area contributed by atoms with Gasteiger partial charge in [0.2, 0.25) is 0 Å². The Morgan fingerprint density at radius 2 is 1.50 bits per heavy atom. The molecule has 0 amide bonds. The third-order valence-corrected chi connectivity index (χ3v) is 6.40. The lowest BCUT2D eigenvalue weighted by molar-refractivity contribution is 0.627. The maximum absolute atomic E-state index is 13.5. The third kappa shape index (κ3) is 4.98. The molecule has 4 aromatic rings. The second kappa shape index (κ2) is 9.40. The fraction of sp³-hybridized carbons (Fsp3) is 0.0909. The lowest BCUT2D eigenvalue weighted by Crippen LogP contribution is -2.04. The monoisotopic (exact) mass is 477 g/mol. The van der Waals surface area contributed by atoms with Crippen molar-refractivity contribution >= 4 is 46.6 Å². The van der Waals surface area contributed by atoms with Gasteiger partial charge in [0.1, 0.15) is 11.6 Å². The van der Waals surface area contributed by atoms with Crippen LogP contribution in [0.25, 0.3) is 5.69 Å². The average Bonchev–Trinajstić information content (AvgIpc) is 3.13. The summed E-state index contributed by atoms with van der Waals surface area (Å²) in [4.78, 5) is 0. The fourth-order valence-corrected chi connectivity index (χ4v) is 4.29. The molecule has 0 saturated carbocycles. The van der Waals surface area contributed by atoms with Crippen LogP contribution in [0.3, 0.4) is 0 Å². The van der Waals surface area contributed by atoms with Gasteiger partial charge in [0.25, 0.3) is 0 Å². The Hall–Kier alpha value is -2.05. The maximum atomic E-state index is 13.5. The van der Waals surface area contributed by atoms with E-state index in [1.807, 2.05) is 41.0 Å². The molecule has 0 fully saturated rings. The summed E-state index contributed by atoms with van der Waals surface area (Å²) in [7, 11) is 0. The molecule has 0 spiro atoms. The molecule has 0 aliphatic carbocycles. The van der Waals surface area contributed by atoms with Gasteiger partial charge in [-0.15, -0.1) is 10.2 Å². The van der Waals surface area contributed by atoms with Gasteiger partial charge in [-0.05, 0) is 59.7 Å². The molecule has 0 radical (unpaired) electrons. The number of aromatic nitrogens is 3. The summed E-state index contributed by atoms with van der Waals surface area (Å²) in [6.07, 6.45) is 0.503. The number of rotatable bonds is 6. The predicted octanol–water partition coefficient (Wildman–Crippen LogP) is 7.25. The van der Waals surface area contributed by atoms with E-state index < -0.39 is 0 Å². The summed E-state index contributed by atoms with van der Waals surface area (Å²) >= 11 is 19.7. The van der Waals surface area contributed by atoms with E-state index in [1.165, 1.54) is 12.1 Å². The summed E-state index contributed by atoms with van der Waals surface area (Å²) in [6.45, 7) is 0. The molecule has 0 N–H and O–H groups in total. The zero-order chi connectivity index (χ0) is 21.1. The van der Waals surface area contributed by atoms with Crippen LogP contribution in [0.15, 0.2) is 71.9 Å². The minimum atomic E-state index is -0.298. The number of hydrogen-bond acceptors (Lipinski definition) is 3. The second-order valence-electron chi connectivity index (χ2n) is 6.55. The number of thioether (sulfide) groups is 1. The van der Waals surface area contributed by atoms with Crippen molar-refractivity contribution in [2.24, 2.45) is 0 Å². The summed E-state index contributed by atoms with van der Waals surface area (Å²) in [5, 5.41) is 11.2. The first-order valence-electron chi connectivity index (χ1n) is 9.01. The van der Waals surface area contributed by atoms with Gasteiger partial charge in [-0.3, -0.25) is 4.57 Å². The van der Waals surface area contributed by atoms with Gasteiger partial charge in [-0.25, -0.2) is 4.39 Å². The van der Waals surface area contributed by atoms with E-state index in [-0.39, 0.29) is 5.82 Å². The average molecular weight is 479 g/mol. The van der Waals surface area contributed by atoms with Crippen molar-refractivity contribution in [2.45, 2.75) is 17.3 Å². The number of nitrogens with zero attached hydrogens (tertiary/aromatic N) is 3. The third-order valence-electron chi connectivity index (χ3n) is 4.41. The van der Waals surface area contributed by atoms with Crippen LogP contribution >= 0.6 is 46.6 Å². The summed E-state index contributed by atoms with van der Waals surface area (Å²) in [6, 6.07) is 19.4. The SMILES string of the molecule is Fc1ccc(-n2c(Cc3ccc(Cl)c(Cl)c3)nnc2SCc2ccc(Cl)cc2)cc1. The van der Waals surface area contributed by atoms with Crippen LogP contribution in [0.5, 0.6) is 0 Å². The van der Waals surface area contributed by atoms with Crippen LogP contribution in [0, 0.1) is 5.82 Å². The Kier molecular flexibility index (Phi) is 6.64. The molecular weight excluding hydrogens is 464 g/mol. The minimum absolute atomic E-state index is 0.298. The Morgan fingerprint density at radius 3 is 2.20 bits per heavy atom. The maximum Gasteiger partial charge on any atom is 0.196 e. The predicted molar refractivity (Wildman–Crippen MR) is 122 cm³/mol. The first-order valence-corrected chi connectivity index (χ1v) is 11.1. The fourth-order valence-electron chi connectivity index (χ4n) is 2.92. The van der Waals surface area contributed by atoms with Gasteiger partial charge in [0, 0.05) is 22.9 Å². The highest BCUT2D eigenvalue weighted by atomic mass is 35.5. The standard InChI is InChI=1S/C22H15Cl3FN3S/c23-16-4-1-14(2-5-16)13-30-22-28-27-21(12-15-3-10-19(24)20(25)11-15)29(22)18-8-6-17(26)7-9-18/h1-11H,12-13H2. The van der Waals surface area contributed by atoms with Crippen molar-refractivity contribution in [3.8, 4) is 5.69 Å². The van der Waals surface area contributed by atoms with Crippen molar-refractivity contribution in [1.29, 1.82) is 0 Å². The van der Waals surface area contributed by atoms with Crippen LogP contribution in [-0.4, -0.2) is 14.8 Å². The lowest BCUT2D eigenvalue weighted by atomic mass is 10.1. The summed E-state index contributed by atoms with van der Waals surface area (Å²) < 4.78 is 15.4. The number of halogens is 4. The van der Waals surface area contributed by atoms with Gasteiger partial charge in [-0.2, -0.15) is 0 Å². The molecule has 0 unspecified atom stereocenters. The van der Waals surface area contributed by atoms with E-state index in [2.05, 4.69) is 10.2 Å². The van der Waals surface area contributed by atoms with Crippen molar-refractivity contribution in [3.05, 3.63) is 105 Å². The minimum Gasteiger partial charge on any atom is -0.274 e. The molecule has 8 heteroatoms. The summed E-state index contributed by atoms with van der Waals surface area (Å²) in [5.41, 5.74) is 2.86. The van der Waals surface area contributed by atoms with Crippen LogP contribution in [0.1, 0.15) is 17.0 Å². The first-order chi connectivity index (χ1) is 14.5. The van der Waals surface area contributed by atoms with Crippen LogP contribution < -0.4 is 0 Å². The molecule has 152 valence electrons. The van der Waals surface area contributed by atoms with E-state index in [9.17, 15) is 4.39 Å². The largest absolute Gasteiger partial charge is 0.274 e. The molecule has 1 heterocycles. The molecule has 0 atom stereocenters. The van der Waals surface area contributed by atoms with Gasteiger partial charge < -0.3 is 0 Å². The van der Waals surface area contributed by atoms with Gasteiger partial charge in [-0.1, -0.05) is 64.8 Å². The topological polar surface area (TPSA) is 30.7 Å². The quantitative estimate of drug-likeness (QED) is 0.273. The van der Waals surface area contributed by atoms with E-state index >= 15 is 0 Å². The Morgan fingerprint density at radius 1 is 0.800 bits per heavy atom. The van der Waals surface area contributed by atoms with E-state index in [0.717, 1.165) is 22.6 Å². The highest BCUT2D eigenvalue weighted by Gasteiger charge is 2.16. The van der Waals surface area contributed by atoms with Crippen molar-refractivity contribution in [1.82, 2.24) is 14.8 Å². The Bertz CT molecular complexity index is 1160. The second-order valence-corrected chi connectivity index (χ2v) is 8.74. The van der Waals surface area contributed by atoms with Gasteiger partial charge in [0.15, 0.2) is 5.16 Å². The highest BCUT2D eigenvalue weighted by molar-refractivity contribution is 7.98. The lowest BCUT2D eigenvalue weighted by Gasteiger charge is -2.11. The van der Waals surface area contributed by atoms with Crippen molar-refractivity contribution in [3.63, 3.8) is 0 Å². The van der Waals surface area contributed by atoms with Gasteiger partial charge in [0.05, 0.1) is 10.0 Å². The molecule has 0 aliphatic heterocycles. The van der Waals surface area contributed by atoms with E-state index in [0.29, 0.717) is 32.4 Å². The number of hydrogen-bond donors (Lipinski definition) is 0. The zero-order valence-electron chi connectivity index (χ0n) is 15.5. The smallest absolute Gasteiger partial charge is 0.196 e. The van der Waals surface area contributed by atoms with Crippen LogP contribution in [0.4, 0.5) is 4.39 Å². The molecule has 0 saturated heterocycles. The van der Waals surface area contributed by atoms with Gasteiger partial charge >= 0.3 is 0 Å². The highest BCUT2D eigenvalue weighted by Crippen LogP contribution is 2.28. The Balaban J connectivity index is 1.66. The molecule has 3 nitrogen and oxygen atoms in total. The van der Waals surface area contributed by atoms with Crippen LogP contribution in [0.2, 0.25) is 15.1 Å². The number of benzene rings is 3. The van der Waals surface area contributed by atoms with Crippen molar-refractivity contribution in [2.75, 3.05) is 0 Å². The molecule has 1 aromatic heterocycles. The molecule has 30 heavy (non-hydrogen) atoms. The molecule has 0 aliphatic rings. The van der Waals surface area contributed by atoms with Crippen LogP contribution in [-0.2, 0) is 12.2 Å². The first kappa shape index (κ1) is 21.2. The molecule has 4 rings (SSSR count). The van der Waals surface area contributed by atoms with E-state index in [1.54, 1.807) is 30.0 Å². The molecule has 0 bridgehead atoms. The Labute approximate surface area is 192 Å².